The second-order valence-corrected chi connectivity index (χ2v) is 4.20. The summed E-state index contributed by atoms with van der Waals surface area (Å²) in [6, 6.07) is 3.22. The maximum absolute atomic E-state index is 13.4. The van der Waals surface area contributed by atoms with E-state index in [1.54, 1.807) is 13.0 Å². The zero-order valence-electron chi connectivity index (χ0n) is 9.09. The Kier molecular flexibility index (Phi) is 4.84. The number of aryl methyl sites for hydroxylation is 1. The summed E-state index contributed by atoms with van der Waals surface area (Å²) in [6.45, 7) is 5.32. The predicted octanol–water partition coefficient (Wildman–Crippen LogP) is 2.62. The first-order valence-corrected chi connectivity index (χ1v) is 5.47. The molecule has 5 heteroatoms. The number of halogens is 3. The van der Waals surface area contributed by atoms with E-state index in [1.807, 2.05) is 0 Å². The van der Waals surface area contributed by atoms with Crippen molar-refractivity contribution in [2.24, 2.45) is 0 Å². The zero-order chi connectivity index (χ0) is 10.8. The highest BCUT2D eigenvalue weighted by Crippen LogP contribution is 2.28. The lowest BCUT2D eigenvalue weighted by Gasteiger charge is -2.30. The van der Waals surface area contributed by atoms with Crippen molar-refractivity contribution in [1.82, 2.24) is 5.32 Å². The molecule has 1 N–H and O–H groups in total. The van der Waals surface area contributed by atoms with Crippen LogP contribution in [0.2, 0.25) is 5.02 Å². The second kappa shape index (κ2) is 5.71. The molecule has 1 aromatic carbocycles. The molecule has 1 heterocycles. The summed E-state index contributed by atoms with van der Waals surface area (Å²) in [4.78, 5) is 2.11. The second-order valence-electron chi connectivity index (χ2n) is 3.79. The standard InChI is InChI=1S/C11H14ClFN2.ClH/c1-8-6-9(12)11(7-10(8)13)15-4-2-14-3-5-15;/h6-7,14H,2-5H2,1H3;1H. The molecule has 0 spiro atoms. The molecule has 0 saturated carbocycles. The van der Waals surface area contributed by atoms with E-state index in [-0.39, 0.29) is 18.2 Å². The third-order valence-electron chi connectivity index (χ3n) is 2.69. The Morgan fingerprint density at radius 1 is 1.31 bits per heavy atom. The van der Waals surface area contributed by atoms with Gasteiger partial charge in [-0.1, -0.05) is 11.6 Å². The fourth-order valence-electron chi connectivity index (χ4n) is 1.78. The van der Waals surface area contributed by atoms with Gasteiger partial charge in [-0.25, -0.2) is 4.39 Å². The molecule has 0 bridgehead atoms. The zero-order valence-corrected chi connectivity index (χ0v) is 10.7. The Morgan fingerprint density at radius 3 is 2.56 bits per heavy atom. The highest BCUT2D eigenvalue weighted by Gasteiger charge is 2.15. The Labute approximate surface area is 106 Å². The Bertz CT molecular complexity index is 365. The fourth-order valence-corrected chi connectivity index (χ4v) is 2.12. The van der Waals surface area contributed by atoms with Gasteiger partial charge in [0, 0.05) is 26.2 Å². The number of rotatable bonds is 1. The Hall–Kier alpha value is -0.510. The quantitative estimate of drug-likeness (QED) is 0.839. The highest BCUT2D eigenvalue weighted by atomic mass is 35.5. The van der Waals surface area contributed by atoms with Crippen molar-refractivity contribution >= 4 is 29.7 Å². The molecule has 0 aromatic heterocycles. The number of nitrogens with one attached hydrogen (secondary N) is 1. The maximum atomic E-state index is 13.4. The SMILES string of the molecule is Cc1cc(Cl)c(N2CCNCC2)cc1F.Cl. The van der Waals surface area contributed by atoms with E-state index in [2.05, 4.69) is 10.2 Å². The largest absolute Gasteiger partial charge is 0.368 e. The van der Waals surface area contributed by atoms with E-state index >= 15 is 0 Å². The van der Waals surface area contributed by atoms with Crippen LogP contribution in [0, 0.1) is 12.7 Å². The smallest absolute Gasteiger partial charge is 0.128 e. The molecule has 90 valence electrons. The van der Waals surface area contributed by atoms with Crippen LogP contribution in [0.15, 0.2) is 12.1 Å². The van der Waals surface area contributed by atoms with Crippen molar-refractivity contribution in [2.75, 3.05) is 31.1 Å². The highest BCUT2D eigenvalue weighted by molar-refractivity contribution is 6.33. The van der Waals surface area contributed by atoms with Crippen LogP contribution in [0.1, 0.15) is 5.56 Å². The van der Waals surface area contributed by atoms with Crippen LogP contribution in [0.4, 0.5) is 10.1 Å². The van der Waals surface area contributed by atoms with Crippen molar-refractivity contribution in [3.8, 4) is 0 Å². The molecule has 0 aliphatic carbocycles. The molecule has 1 saturated heterocycles. The lowest BCUT2D eigenvalue weighted by atomic mass is 10.2. The molecule has 1 aliphatic rings. The normalized spacial score (nSPS) is 15.8. The number of nitrogens with zero attached hydrogens (tertiary/aromatic N) is 1. The van der Waals surface area contributed by atoms with E-state index in [0.717, 1.165) is 31.9 Å². The molecular weight excluding hydrogens is 250 g/mol. The molecular formula is C11H15Cl2FN2. The van der Waals surface area contributed by atoms with E-state index in [0.29, 0.717) is 10.6 Å². The average Bonchev–Trinajstić information content (AvgIpc) is 2.25. The van der Waals surface area contributed by atoms with E-state index in [9.17, 15) is 4.39 Å². The third kappa shape index (κ3) is 2.78. The fraction of sp³-hybridized carbons (Fsp3) is 0.455. The van der Waals surface area contributed by atoms with Gasteiger partial charge >= 0.3 is 0 Å². The summed E-state index contributed by atoms with van der Waals surface area (Å²) in [7, 11) is 0. The van der Waals surface area contributed by atoms with Gasteiger partial charge in [0.05, 0.1) is 10.7 Å². The number of hydrogen-bond donors (Lipinski definition) is 1. The van der Waals surface area contributed by atoms with Crippen LogP contribution in [-0.4, -0.2) is 26.2 Å². The van der Waals surface area contributed by atoms with Crippen LogP contribution >= 0.6 is 24.0 Å². The van der Waals surface area contributed by atoms with Crippen LogP contribution in [0.25, 0.3) is 0 Å². The minimum atomic E-state index is -0.187. The van der Waals surface area contributed by atoms with Crippen LogP contribution < -0.4 is 10.2 Å². The van der Waals surface area contributed by atoms with Crippen molar-refractivity contribution < 1.29 is 4.39 Å². The van der Waals surface area contributed by atoms with Gasteiger partial charge in [-0.3, -0.25) is 0 Å². The van der Waals surface area contributed by atoms with Gasteiger partial charge in [-0.2, -0.15) is 0 Å². The summed E-state index contributed by atoms with van der Waals surface area (Å²) in [5.74, 6) is -0.187. The molecule has 0 atom stereocenters. The van der Waals surface area contributed by atoms with E-state index in [4.69, 9.17) is 11.6 Å². The van der Waals surface area contributed by atoms with Gasteiger partial charge in [0.1, 0.15) is 5.82 Å². The third-order valence-corrected chi connectivity index (χ3v) is 2.99. The lowest BCUT2D eigenvalue weighted by molar-refractivity contribution is 0.583. The van der Waals surface area contributed by atoms with E-state index < -0.39 is 0 Å². The molecule has 1 fully saturated rings. The number of benzene rings is 1. The topological polar surface area (TPSA) is 15.3 Å². The first kappa shape index (κ1) is 13.6. The molecule has 0 unspecified atom stereocenters. The van der Waals surface area contributed by atoms with Crippen molar-refractivity contribution in [2.45, 2.75) is 6.92 Å². The number of anilines is 1. The molecule has 2 rings (SSSR count). The first-order valence-electron chi connectivity index (χ1n) is 5.10. The Balaban J connectivity index is 0.00000128. The average molecular weight is 265 g/mol. The van der Waals surface area contributed by atoms with Gasteiger partial charge in [0.2, 0.25) is 0 Å². The molecule has 0 amide bonds. The lowest BCUT2D eigenvalue weighted by Crippen LogP contribution is -2.43. The van der Waals surface area contributed by atoms with Gasteiger partial charge in [-0.15, -0.1) is 12.4 Å². The summed E-state index contributed by atoms with van der Waals surface area (Å²) in [6.07, 6.45) is 0. The number of piperazine rings is 1. The van der Waals surface area contributed by atoms with E-state index in [1.165, 1.54) is 6.07 Å². The summed E-state index contributed by atoms with van der Waals surface area (Å²) < 4.78 is 13.4. The van der Waals surface area contributed by atoms with Gasteiger partial charge in [0.15, 0.2) is 0 Å². The van der Waals surface area contributed by atoms with Gasteiger partial charge in [0.25, 0.3) is 0 Å². The minimum absolute atomic E-state index is 0. The first-order chi connectivity index (χ1) is 7.18. The molecule has 16 heavy (non-hydrogen) atoms. The Morgan fingerprint density at radius 2 is 1.94 bits per heavy atom. The van der Waals surface area contributed by atoms with Crippen molar-refractivity contribution in [3.05, 3.63) is 28.5 Å². The van der Waals surface area contributed by atoms with Crippen molar-refractivity contribution in [1.29, 1.82) is 0 Å². The molecule has 1 aromatic rings. The van der Waals surface area contributed by atoms with Crippen LogP contribution in [0.5, 0.6) is 0 Å². The minimum Gasteiger partial charge on any atom is -0.368 e. The van der Waals surface area contributed by atoms with Gasteiger partial charge in [-0.05, 0) is 24.6 Å². The van der Waals surface area contributed by atoms with Crippen LogP contribution in [0.3, 0.4) is 0 Å². The number of hydrogen-bond acceptors (Lipinski definition) is 2. The maximum Gasteiger partial charge on any atom is 0.128 e. The summed E-state index contributed by atoms with van der Waals surface area (Å²) in [5.41, 5.74) is 1.40. The molecule has 0 radical (unpaired) electrons. The molecule has 2 nitrogen and oxygen atoms in total. The van der Waals surface area contributed by atoms with Gasteiger partial charge < -0.3 is 10.2 Å². The monoisotopic (exact) mass is 264 g/mol. The predicted molar refractivity (Wildman–Crippen MR) is 68.5 cm³/mol. The van der Waals surface area contributed by atoms with Crippen LogP contribution in [-0.2, 0) is 0 Å². The summed E-state index contributed by atoms with van der Waals surface area (Å²) in [5, 5.41) is 3.89. The van der Waals surface area contributed by atoms with Crippen molar-refractivity contribution in [3.63, 3.8) is 0 Å². The summed E-state index contributed by atoms with van der Waals surface area (Å²) >= 11 is 6.11. The molecule has 1 aliphatic heterocycles.